The maximum absolute atomic E-state index is 4.78. The molecule has 1 aliphatic carbocycles. The predicted octanol–water partition coefficient (Wildman–Crippen LogP) is 3.28. The van der Waals surface area contributed by atoms with E-state index in [4.69, 9.17) is 4.99 Å². The van der Waals surface area contributed by atoms with E-state index in [2.05, 4.69) is 19.2 Å². The summed E-state index contributed by atoms with van der Waals surface area (Å²) >= 11 is 1.91. The molecule has 3 unspecified atom stereocenters. The highest BCUT2D eigenvalue weighted by Gasteiger charge is 2.23. The topological polar surface area (TPSA) is 24.4 Å². The van der Waals surface area contributed by atoms with Crippen molar-refractivity contribution in [1.82, 2.24) is 5.32 Å². The van der Waals surface area contributed by atoms with Crippen LogP contribution in [0.4, 0.5) is 0 Å². The fourth-order valence-corrected chi connectivity index (χ4v) is 3.69. The highest BCUT2D eigenvalue weighted by molar-refractivity contribution is 8.13. The van der Waals surface area contributed by atoms with Crippen molar-refractivity contribution >= 4 is 16.9 Å². The molecule has 0 spiro atoms. The molecule has 1 aliphatic heterocycles. The van der Waals surface area contributed by atoms with Crippen molar-refractivity contribution in [3.63, 3.8) is 0 Å². The molecule has 0 radical (unpaired) electrons. The van der Waals surface area contributed by atoms with Gasteiger partial charge in [-0.1, -0.05) is 38.5 Å². The molecule has 2 rings (SSSR count). The fraction of sp³-hybridized carbons (Fsp3) is 0.923. The number of amidine groups is 1. The van der Waals surface area contributed by atoms with E-state index in [1.807, 2.05) is 11.8 Å². The van der Waals surface area contributed by atoms with Gasteiger partial charge in [0, 0.05) is 18.3 Å². The Morgan fingerprint density at radius 3 is 2.94 bits per heavy atom. The van der Waals surface area contributed by atoms with Crippen LogP contribution in [0, 0.1) is 11.8 Å². The lowest BCUT2D eigenvalue weighted by atomic mass is 9.99. The second-order valence-electron chi connectivity index (χ2n) is 5.20. The quantitative estimate of drug-likeness (QED) is 0.818. The second-order valence-corrected chi connectivity index (χ2v) is 6.28. The minimum Gasteiger partial charge on any atom is -0.362 e. The zero-order valence-electron chi connectivity index (χ0n) is 10.5. The summed E-state index contributed by atoms with van der Waals surface area (Å²) in [6.07, 6.45) is 6.72. The van der Waals surface area contributed by atoms with Gasteiger partial charge in [0.2, 0.25) is 0 Å². The van der Waals surface area contributed by atoms with Crippen molar-refractivity contribution in [2.24, 2.45) is 16.8 Å². The molecule has 2 fully saturated rings. The van der Waals surface area contributed by atoms with Crippen LogP contribution in [0.25, 0.3) is 0 Å². The Balaban J connectivity index is 1.82. The number of nitrogens with zero attached hydrogens (tertiary/aromatic N) is 1. The first-order chi connectivity index (χ1) is 7.79. The van der Waals surface area contributed by atoms with Gasteiger partial charge in [-0.2, -0.15) is 0 Å². The normalized spacial score (nSPS) is 37.6. The van der Waals surface area contributed by atoms with Crippen molar-refractivity contribution in [2.75, 3.05) is 12.3 Å². The van der Waals surface area contributed by atoms with Crippen LogP contribution in [0.2, 0.25) is 0 Å². The van der Waals surface area contributed by atoms with E-state index < -0.39 is 0 Å². The highest BCUT2D eigenvalue weighted by atomic mass is 32.2. The van der Waals surface area contributed by atoms with Crippen LogP contribution in [0.1, 0.15) is 46.0 Å². The van der Waals surface area contributed by atoms with E-state index in [0.717, 1.165) is 18.4 Å². The first-order valence-electron chi connectivity index (χ1n) is 6.73. The maximum atomic E-state index is 4.78. The van der Waals surface area contributed by atoms with Crippen LogP contribution in [0.15, 0.2) is 4.99 Å². The third kappa shape index (κ3) is 3.16. The van der Waals surface area contributed by atoms with Crippen molar-refractivity contribution in [1.29, 1.82) is 0 Å². The third-order valence-electron chi connectivity index (χ3n) is 4.03. The van der Waals surface area contributed by atoms with Gasteiger partial charge in [0.25, 0.3) is 0 Å². The molecular weight excluding hydrogens is 216 g/mol. The Hall–Kier alpha value is -0.180. The van der Waals surface area contributed by atoms with Crippen LogP contribution in [-0.4, -0.2) is 23.5 Å². The summed E-state index contributed by atoms with van der Waals surface area (Å²) in [6, 6.07) is 0.668. The minimum atomic E-state index is 0.668. The summed E-state index contributed by atoms with van der Waals surface area (Å²) in [5, 5.41) is 4.76. The van der Waals surface area contributed by atoms with Crippen LogP contribution in [-0.2, 0) is 0 Å². The van der Waals surface area contributed by atoms with Gasteiger partial charge in [0.05, 0.1) is 0 Å². The van der Waals surface area contributed by atoms with E-state index >= 15 is 0 Å². The zero-order chi connectivity index (χ0) is 11.4. The van der Waals surface area contributed by atoms with Crippen molar-refractivity contribution < 1.29 is 0 Å². The number of nitrogens with one attached hydrogen (secondary N) is 1. The van der Waals surface area contributed by atoms with Gasteiger partial charge in [-0.3, -0.25) is 4.99 Å². The van der Waals surface area contributed by atoms with Gasteiger partial charge in [-0.15, -0.1) is 0 Å². The Morgan fingerprint density at radius 2 is 2.25 bits per heavy atom. The molecule has 0 aromatic heterocycles. The van der Waals surface area contributed by atoms with Crippen LogP contribution < -0.4 is 5.32 Å². The van der Waals surface area contributed by atoms with Crippen molar-refractivity contribution in [3.05, 3.63) is 0 Å². The summed E-state index contributed by atoms with van der Waals surface area (Å²) in [6.45, 7) is 5.69. The van der Waals surface area contributed by atoms with E-state index in [1.165, 1.54) is 43.0 Å². The summed E-state index contributed by atoms with van der Waals surface area (Å²) in [5.74, 6) is 2.97. The molecule has 2 nitrogen and oxygen atoms in total. The number of hydrogen-bond donors (Lipinski definition) is 1. The summed E-state index contributed by atoms with van der Waals surface area (Å²) < 4.78 is 0. The van der Waals surface area contributed by atoms with Gasteiger partial charge in [-0.05, 0) is 31.1 Å². The van der Waals surface area contributed by atoms with E-state index in [1.54, 1.807) is 0 Å². The molecule has 0 bridgehead atoms. The smallest absolute Gasteiger partial charge is 0.156 e. The molecule has 1 N–H and O–H groups in total. The summed E-state index contributed by atoms with van der Waals surface area (Å²) in [4.78, 5) is 4.78. The standard InChI is InChI=1S/C13H24N2S/c1-3-12-7-8-16-13(15-12)14-9-11-6-4-5-10(11)2/h10-12H,3-9H2,1-2H3,(H,14,15). The average Bonchev–Trinajstić information content (AvgIpc) is 2.72. The lowest BCUT2D eigenvalue weighted by Crippen LogP contribution is -2.37. The Kier molecular flexibility index (Phi) is 4.56. The van der Waals surface area contributed by atoms with Crippen LogP contribution in [0.5, 0.6) is 0 Å². The van der Waals surface area contributed by atoms with Crippen LogP contribution >= 0.6 is 11.8 Å². The largest absolute Gasteiger partial charge is 0.362 e. The number of rotatable bonds is 3. The van der Waals surface area contributed by atoms with Gasteiger partial charge >= 0.3 is 0 Å². The monoisotopic (exact) mass is 240 g/mol. The summed E-state index contributed by atoms with van der Waals surface area (Å²) in [5.41, 5.74) is 0. The molecule has 2 aliphatic rings. The summed E-state index contributed by atoms with van der Waals surface area (Å²) in [7, 11) is 0. The predicted molar refractivity (Wildman–Crippen MR) is 73.1 cm³/mol. The molecular formula is C13H24N2S. The van der Waals surface area contributed by atoms with Crippen LogP contribution in [0.3, 0.4) is 0 Å². The SMILES string of the molecule is CCC1CCSC(=NCC2CCCC2C)N1. The van der Waals surface area contributed by atoms with E-state index in [-0.39, 0.29) is 0 Å². The Morgan fingerprint density at radius 1 is 1.38 bits per heavy atom. The van der Waals surface area contributed by atoms with Gasteiger partial charge in [0.15, 0.2) is 5.17 Å². The lowest BCUT2D eigenvalue weighted by Gasteiger charge is -2.24. The molecule has 3 atom stereocenters. The molecule has 92 valence electrons. The molecule has 16 heavy (non-hydrogen) atoms. The lowest BCUT2D eigenvalue weighted by molar-refractivity contribution is 0.429. The van der Waals surface area contributed by atoms with Crippen molar-refractivity contribution in [3.8, 4) is 0 Å². The number of hydrogen-bond acceptors (Lipinski definition) is 2. The van der Waals surface area contributed by atoms with Gasteiger partial charge < -0.3 is 5.32 Å². The Labute approximate surface area is 104 Å². The Bertz CT molecular complexity index is 252. The number of thioether (sulfide) groups is 1. The first-order valence-corrected chi connectivity index (χ1v) is 7.72. The molecule has 1 saturated carbocycles. The van der Waals surface area contributed by atoms with E-state index in [9.17, 15) is 0 Å². The molecule has 1 saturated heterocycles. The third-order valence-corrected chi connectivity index (χ3v) is 4.99. The molecule has 3 heteroatoms. The van der Waals surface area contributed by atoms with E-state index in [0.29, 0.717) is 6.04 Å². The average molecular weight is 240 g/mol. The minimum absolute atomic E-state index is 0.668. The second kappa shape index (κ2) is 5.95. The maximum Gasteiger partial charge on any atom is 0.156 e. The molecule has 0 aromatic rings. The first kappa shape index (κ1) is 12.3. The highest BCUT2D eigenvalue weighted by Crippen LogP contribution is 2.31. The van der Waals surface area contributed by atoms with Crippen molar-refractivity contribution in [2.45, 2.75) is 52.0 Å². The zero-order valence-corrected chi connectivity index (χ0v) is 11.4. The molecule has 1 heterocycles. The van der Waals surface area contributed by atoms with Gasteiger partial charge in [-0.25, -0.2) is 0 Å². The molecule has 0 aromatic carbocycles. The fourth-order valence-electron chi connectivity index (χ4n) is 2.68. The van der Waals surface area contributed by atoms with Gasteiger partial charge in [0.1, 0.15) is 0 Å². The number of aliphatic imine (C=N–C) groups is 1. The molecule has 0 amide bonds.